The molecule has 0 saturated heterocycles. The molecule has 0 N–H and O–H groups in total. The van der Waals surface area contributed by atoms with Gasteiger partial charge in [-0.1, -0.05) is 0 Å². The predicted molar refractivity (Wildman–Crippen MR) is 106 cm³/mol. The van der Waals surface area contributed by atoms with Crippen LogP contribution in [0.1, 0.15) is 0 Å². The van der Waals surface area contributed by atoms with Gasteiger partial charge in [-0.3, -0.25) is 0 Å². The van der Waals surface area contributed by atoms with Gasteiger partial charge in [0.1, 0.15) is 0 Å². The van der Waals surface area contributed by atoms with E-state index in [9.17, 15) is 0 Å². The Labute approximate surface area is 151 Å². The summed E-state index contributed by atoms with van der Waals surface area (Å²) in [6.45, 7) is 0. The number of halogens is 2. The first kappa shape index (κ1) is 16.0. The van der Waals surface area contributed by atoms with Gasteiger partial charge < -0.3 is 0 Å². The van der Waals surface area contributed by atoms with Crippen LogP contribution in [-0.2, 0) is 0 Å². The van der Waals surface area contributed by atoms with Gasteiger partial charge in [0.15, 0.2) is 0 Å². The minimum atomic E-state index is -2.83. The van der Waals surface area contributed by atoms with E-state index in [1.807, 2.05) is 0 Å². The van der Waals surface area contributed by atoms with Crippen LogP contribution in [0.3, 0.4) is 0 Å². The summed E-state index contributed by atoms with van der Waals surface area (Å²) in [5, 5.41) is 0. The van der Waals surface area contributed by atoms with Crippen molar-refractivity contribution in [2.75, 3.05) is 0 Å². The van der Waals surface area contributed by atoms with Crippen molar-refractivity contribution in [2.24, 2.45) is 0 Å². The molecule has 0 bridgehead atoms. The van der Waals surface area contributed by atoms with Gasteiger partial charge in [0.25, 0.3) is 0 Å². The van der Waals surface area contributed by atoms with E-state index >= 15 is 0 Å². The molecule has 3 aromatic carbocycles. The third-order valence-electron chi connectivity index (χ3n) is 4.01. The fourth-order valence-electron chi connectivity index (χ4n) is 2.98. The van der Waals surface area contributed by atoms with E-state index in [2.05, 4.69) is 123 Å². The fourth-order valence-corrected chi connectivity index (χ4v) is 19.4. The van der Waals surface area contributed by atoms with Crippen molar-refractivity contribution >= 4 is 58.3 Å². The van der Waals surface area contributed by atoms with Crippen LogP contribution < -0.4 is 13.2 Å². The Morgan fingerprint density at radius 3 is 1.00 bits per heavy atom. The molecule has 0 fully saturated rings. The number of rotatable bonds is 4. The number of alkyl halides is 2. The first-order valence-corrected chi connectivity index (χ1v) is 13.4. The maximum absolute atomic E-state index is 3.91. The van der Waals surface area contributed by atoms with Crippen molar-refractivity contribution in [3.63, 3.8) is 0 Å². The van der Waals surface area contributed by atoms with E-state index in [1.165, 1.54) is 13.2 Å². The Morgan fingerprint density at radius 1 is 0.500 bits per heavy atom. The van der Waals surface area contributed by atoms with Crippen molar-refractivity contribution in [2.45, 2.75) is 2.57 Å². The summed E-state index contributed by atoms with van der Waals surface area (Å²) in [6.07, 6.45) is 0. The Morgan fingerprint density at radius 2 is 0.773 bits per heavy atom. The van der Waals surface area contributed by atoms with Crippen molar-refractivity contribution in [1.29, 1.82) is 0 Å². The van der Waals surface area contributed by atoms with Crippen molar-refractivity contribution in [3.05, 3.63) is 91.0 Å². The monoisotopic (exact) mass is 476 g/mol. The van der Waals surface area contributed by atoms with Crippen LogP contribution in [0.4, 0.5) is 0 Å². The van der Waals surface area contributed by atoms with E-state index in [0.29, 0.717) is 0 Å². The van der Waals surface area contributed by atoms with Crippen LogP contribution in [-0.4, -0.2) is 15.8 Å². The molecule has 0 unspecified atom stereocenters. The van der Waals surface area contributed by atoms with Gasteiger partial charge in [-0.15, -0.1) is 0 Å². The van der Waals surface area contributed by atoms with E-state index in [-0.39, 0.29) is 2.57 Å². The zero-order valence-electron chi connectivity index (χ0n) is 12.0. The fraction of sp³-hybridized carbons (Fsp3) is 0.0526. The van der Waals surface area contributed by atoms with Gasteiger partial charge >= 0.3 is 152 Å². The number of benzene rings is 3. The van der Waals surface area contributed by atoms with Gasteiger partial charge in [0, 0.05) is 0 Å². The summed E-state index contributed by atoms with van der Waals surface area (Å²) in [5.41, 5.74) is 0. The SMILES string of the molecule is Br[CH](Br)[Ge]([c]1ccccc1)([c]1ccccc1)[c]1ccccc1. The molecule has 0 radical (unpaired) electrons. The van der Waals surface area contributed by atoms with E-state index in [0.717, 1.165) is 0 Å². The summed E-state index contributed by atoms with van der Waals surface area (Å²) >= 11 is 4.99. The topological polar surface area (TPSA) is 0 Å². The van der Waals surface area contributed by atoms with E-state index in [1.54, 1.807) is 0 Å². The number of hydrogen-bond donors (Lipinski definition) is 0. The molecule has 0 saturated carbocycles. The first-order valence-electron chi connectivity index (χ1n) is 7.21. The standard InChI is InChI=1S/C19H16Br2Ge/c20-19(21)22(16-10-4-1-5-11-16,17-12-6-2-7-13-17)18-14-8-3-9-15-18/h1-15,19H. The quantitative estimate of drug-likeness (QED) is 0.397. The van der Waals surface area contributed by atoms with Crippen molar-refractivity contribution in [1.82, 2.24) is 0 Å². The molecule has 0 aromatic heterocycles. The summed E-state index contributed by atoms with van der Waals surface area (Å²) in [4.78, 5) is 0. The molecule has 3 heteroatoms. The Kier molecular flexibility index (Phi) is 5.22. The summed E-state index contributed by atoms with van der Waals surface area (Å²) < 4.78 is 4.59. The molecule has 0 aliphatic carbocycles. The van der Waals surface area contributed by atoms with Crippen LogP contribution in [0.5, 0.6) is 0 Å². The molecule has 0 heterocycles. The zero-order chi connectivity index (χ0) is 15.4. The average Bonchev–Trinajstić information content (AvgIpc) is 2.58. The molecule has 0 amide bonds. The molecule has 3 rings (SSSR count). The minimum absolute atomic E-state index is 0.257. The van der Waals surface area contributed by atoms with Crippen molar-refractivity contribution in [3.8, 4) is 0 Å². The van der Waals surface area contributed by atoms with Gasteiger partial charge in [0.05, 0.1) is 0 Å². The Bertz CT molecular complexity index is 616. The molecule has 0 spiro atoms. The third-order valence-corrected chi connectivity index (χ3v) is 20.4. The maximum atomic E-state index is 3.91. The summed E-state index contributed by atoms with van der Waals surface area (Å²) in [5.74, 6) is 0. The molecule has 3 aromatic rings. The van der Waals surface area contributed by atoms with Gasteiger partial charge in [-0.05, 0) is 0 Å². The number of hydrogen-bond acceptors (Lipinski definition) is 0. The second kappa shape index (κ2) is 7.16. The van der Waals surface area contributed by atoms with E-state index in [4.69, 9.17) is 0 Å². The van der Waals surface area contributed by atoms with Gasteiger partial charge in [0.2, 0.25) is 0 Å². The average molecular weight is 477 g/mol. The molecular weight excluding hydrogens is 461 g/mol. The Balaban J connectivity index is 2.34. The van der Waals surface area contributed by atoms with Crippen LogP contribution >= 0.6 is 31.9 Å². The predicted octanol–water partition coefficient (Wildman–Crippen LogP) is 3.81. The molecule has 0 nitrogen and oxygen atoms in total. The van der Waals surface area contributed by atoms with Gasteiger partial charge in [-0.2, -0.15) is 0 Å². The summed E-state index contributed by atoms with van der Waals surface area (Å²) in [7, 11) is 0. The first-order chi connectivity index (χ1) is 10.8. The van der Waals surface area contributed by atoms with E-state index < -0.39 is 13.3 Å². The van der Waals surface area contributed by atoms with Crippen LogP contribution in [0.25, 0.3) is 0 Å². The normalized spacial score (nSPS) is 11.6. The molecule has 0 aliphatic rings. The van der Waals surface area contributed by atoms with Crippen LogP contribution in [0.2, 0.25) is 0 Å². The Hall–Kier alpha value is -0.837. The zero-order valence-corrected chi connectivity index (χ0v) is 17.3. The van der Waals surface area contributed by atoms with Crippen LogP contribution in [0.15, 0.2) is 91.0 Å². The molecule has 22 heavy (non-hydrogen) atoms. The van der Waals surface area contributed by atoms with Crippen molar-refractivity contribution < 1.29 is 0 Å². The summed E-state index contributed by atoms with van der Waals surface area (Å²) in [6, 6.07) is 32.8. The molecular formula is C19H16Br2Ge. The second-order valence-corrected chi connectivity index (χ2v) is 20.0. The third kappa shape index (κ3) is 2.84. The second-order valence-electron chi connectivity index (χ2n) is 5.21. The van der Waals surface area contributed by atoms with Gasteiger partial charge in [-0.25, -0.2) is 0 Å². The van der Waals surface area contributed by atoms with Crippen LogP contribution in [0, 0.1) is 0 Å². The molecule has 0 atom stereocenters. The molecule has 110 valence electrons. The molecule has 0 aliphatic heterocycles.